The summed E-state index contributed by atoms with van der Waals surface area (Å²) in [4.78, 5) is 18.2. The molecule has 0 aromatic carbocycles. The zero-order valence-corrected chi connectivity index (χ0v) is 11.4. The molecule has 0 bridgehead atoms. The zero-order chi connectivity index (χ0) is 13.2. The average Bonchev–Trinajstić information content (AvgIpc) is 2.93. The Morgan fingerprint density at radius 3 is 2.58 bits per heavy atom. The summed E-state index contributed by atoms with van der Waals surface area (Å²) in [6, 6.07) is 0. The molecule has 1 saturated heterocycles. The van der Waals surface area contributed by atoms with Gasteiger partial charge in [0.2, 0.25) is 11.2 Å². The molecule has 0 aliphatic carbocycles. The monoisotopic (exact) mass is 299 g/mol. The maximum Gasteiger partial charge on any atom is 0.258 e. The molecule has 0 radical (unpaired) electrons. The SMILES string of the molecule is O=S1CCN(c2nc(Cl)nc(-n3cncn3)n2)CC1. The van der Waals surface area contributed by atoms with Crippen LogP contribution in [0.3, 0.4) is 0 Å². The smallest absolute Gasteiger partial charge is 0.258 e. The van der Waals surface area contributed by atoms with E-state index in [9.17, 15) is 4.21 Å². The fourth-order valence-corrected chi connectivity index (χ4v) is 2.93. The van der Waals surface area contributed by atoms with Gasteiger partial charge in [-0.1, -0.05) is 0 Å². The molecule has 2 aromatic rings. The summed E-state index contributed by atoms with van der Waals surface area (Å²) in [7, 11) is -0.748. The second kappa shape index (κ2) is 5.17. The predicted octanol–water partition coefficient (Wildman–Crippen LogP) is -0.326. The van der Waals surface area contributed by atoms with E-state index < -0.39 is 10.8 Å². The summed E-state index contributed by atoms with van der Waals surface area (Å²) in [6.07, 6.45) is 2.88. The minimum absolute atomic E-state index is 0.0993. The highest BCUT2D eigenvalue weighted by molar-refractivity contribution is 7.85. The standard InChI is InChI=1S/C9H10ClN7OS/c10-7-13-8(16-1-3-19(18)4-2-16)15-9(14-7)17-6-11-5-12-17/h5-6H,1-4H2. The Bertz CT molecular complexity index is 595. The van der Waals surface area contributed by atoms with Crippen LogP contribution in [0.25, 0.3) is 5.95 Å². The Labute approximate surface area is 116 Å². The molecule has 0 saturated carbocycles. The second-order valence-corrected chi connectivity index (χ2v) is 5.91. The molecule has 0 unspecified atom stereocenters. The zero-order valence-electron chi connectivity index (χ0n) is 9.81. The Hall–Kier alpha value is -1.61. The third-order valence-corrected chi connectivity index (χ3v) is 4.11. The molecule has 0 N–H and O–H groups in total. The van der Waals surface area contributed by atoms with Crippen LogP contribution in [0, 0.1) is 0 Å². The van der Waals surface area contributed by atoms with Crippen molar-refractivity contribution in [1.29, 1.82) is 0 Å². The number of nitrogens with zero attached hydrogens (tertiary/aromatic N) is 7. The molecule has 100 valence electrons. The van der Waals surface area contributed by atoms with Gasteiger partial charge in [0.15, 0.2) is 0 Å². The highest BCUT2D eigenvalue weighted by atomic mass is 35.5. The van der Waals surface area contributed by atoms with Crippen LogP contribution in [-0.2, 0) is 10.8 Å². The van der Waals surface area contributed by atoms with Gasteiger partial charge in [-0.25, -0.2) is 4.98 Å². The Balaban J connectivity index is 1.92. The summed E-state index contributed by atoms with van der Waals surface area (Å²) in [5, 5.41) is 4.05. The third kappa shape index (κ3) is 2.71. The Morgan fingerprint density at radius 1 is 1.16 bits per heavy atom. The van der Waals surface area contributed by atoms with Gasteiger partial charge < -0.3 is 4.90 Å². The number of rotatable bonds is 2. The van der Waals surface area contributed by atoms with Crippen molar-refractivity contribution in [1.82, 2.24) is 29.7 Å². The molecule has 3 rings (SSSR count). The molecule has 0 amide bonds. The molecular formula is C9H10ClN7OS. The normalized spacial score (nSPS) is 16.8. The molecule has 10 heteroatoms. The van der Waals surface area contributed by atoms with Gasteiger partial charge >= 0.3 is 0 Å². The van der Waals surface area contributed by atoms with Crippen molar-refractivity contribution in [3.63, 3.8) is 0 Å². The quantitative estimate of drug-likeness (QED) is 0.750. The molecule has 3 heterocycles. The van der Waals surface area contributed by atoms with E-state index in [0.717, 1.165) is 0 Å². The van der Waals surface area contributed by atoms with Gasteiger partial charge in [-0.3, -0.25) is 4.21 Å². The second-order valence-electron chi connectivity index (χ2n) is 3.88. The van der Waals surface area contributed by atoms with Crippen molar-refractivity contribution in [2.75, 3.05) is 29.5 Å². The first-order chi connectivity index (χ1) is 9.22. The topological polar surface area (TPSA) is 89.7 Å². The van der Waals surface area contributed by atoms with Crippen LogP contribution in [-0.4, -0.2) is 58.5 Å². The first-order valence-electron chi connectivity index (χ1n) is 5.59. The van der Waals surface area contributed by atoms with Gasteiger partial charge in [0.1, 0.15) is 12.7 Å². The maximum atomic E-state index is 11.3. The first kappa shape index (κ1) is 12.4. The van der Waals surface area contributed by atoms with Crippen LogP contribution in [0.4, 0.5) is 5.95 Å². The number of hydrogen-bond donors (Lipinski definition) is 0. The number of aromatic nitrogens is 6. The third-order valence-electron chi connectivity index (χ3n) is 2.67. The predicted molar refractivity (Wildman–Crippen MR) is 69.8 cm³/mol. The molecule has 1 fully saturated rings. The van der Waals surface area contributed by atoms with Gasteiger partial charge in [0, 0.05) is 35.4 Å². The lowest BCUT2D eigenvalue weighted by Crippen LogP contribution is -2.39. The van der Waals surface area contributed by atoms with Crippen molar-refractivity contribution in [2.45, 2.75) is 0 Å². The average molecular weight is 300 g/mol. The van der Waals surface area contributed by atoms with Crippen molar-refractivity contribution in [3.05, 3.63) is 17.9 Å². The fourth-order valence-electron chi connectivity index (χ4n) is 1.72. The Morgan fingerprint density at radius 2 is 1.89 bits per heavy atom. The van der Waals surface area contributed by atoms with E-state index in [-0.39, 0.29) is 5.28 Å². The van der Waals surface area contributed by atoms with E-state index in [0.29, 0.717) is 36.5 Å². The summed E-state index contributed by atoms with van der Waals surface area (Å²) >= 11 is 5.90. The maximum absolute atomic E-state index is 11.3. The molecule has 0 spiro atoms. The van der Waals surface area contributed by atoms with Crippen molar-refractivity contribution in [3.8, 4) is 5.95 Å². The lowest BCUT2D eigenvalue weighted by atomic mass is 10.5. The molecule has 1 aliphatic rings. The van der Waals surface area contributed by atoms with Crippen LogP contribution in [0.15, 0.2) is 12.7 Å². The molecule has 1 aliphatic heterocycles. The van der Waals surface area contributed by atoms with Crippen LogP contribution in [0.2, 0.25) is 5.28 Å². The summed E-state index contributed by atoms with van der Waals surface area (Å²) < 4.78 is 12.8. The van der Waals surface area contributed by atoms with E-state index in [1.165, 1.54) is 17.3 Å². The molecule has 19 heavy (non-hydrogen) atoms. The minimum atomic E-state index is -0.748. The molecule has 0 atom stereocenters. The van der Waals surface area contributed by atoms with Gasteiger partial charge in [0.05, 0.1) is 0 Å². The van der Waals surface area contributed by atoms with Crippen LogP contribution < -0.4 is 4.90 Å². The summed E-state index contributed by atoms with van der Waals surface area (Å²) in [5.74, 6) is 2.02. The molecular weight excluding hydrogens is 290 g/mol. The minimum Gasteiger partial charge on any atom is -0.339 e. The molecule has 2 aromatic heterocycles. The lowest BCUT2D eigenvalue weighted by molar-refractivity contribution is 0.670. The highest BCUT2D eigenvalue weighted by Crippen LogP contribution is 2.14. The van der Waals surface area contributed by atoms with E-state index in [2.05, 4.69) is 25.0 Å². The van der Waals surface area contributed by atoms with E-state index in [4.69, 9.17) is 11.6 Å². The number of hydrogen-bond acceptors (Lipinski definition) is 7. The van der Waals surface area contributed by atoms with Gasteiger partial charge in [-0.05, 0) is 11.6 Å². The summed E-state index contributed by atoms with van der Waals surface area (Å²) in [6.45, 7) is 1.29. The van der Waals surface area contributed by atoms with E-state index >= 15 is 0 Å². The van der Waals surface area contributed by atoms with E-state index in [1.807, 2.05) is 4.90 Å². The van der Waals surface area contributed by atoms with Crippen LogP contribution in [0.1, 0.15) is 0 Å². The fraction of sp³-hybridized carbons (Fsp3) is 0.444. The van der Waals surface area contributed by atoms with Gasteiger partial charge in [0.25, 0.3) is 5.95 Å². The number of anilines is 1. The lowest BCUT2D eigenvalue weighted by Gasteiger charge is -2.26. The number of halogens is 1. The Kier molecular flexibility index (Phi) is 3.38. The van der Waals surface area contributed by atoms with E-state index in [1.54, 1.807) is 0 Å². The van der Waals surface area contributed by atoms with Gasteiger partial charge in [-0.15, -0.1) is 0 Å². The highest BCUT2D eigenvalue weighted by Gasteiger charge is 2.19. The van der Waals surface area contributed by atoms with Crippen molar-refractivity contribution in [2.24, 2.45) is 0 Å². The van der Waals surface area contributed by atoms with Crippen LogP contribution in [0.5, 0.6) is 0 Å². The van der Waals surface area contributed by atoms with Crippen molar-refractivity contribution < 1.29 is 4.21 Å². The summed E-state index contributed by atoms with van der Waals surface area (Å²) in [5.41, 5.74) is 0. The largest absolute Gasteiger partial charge is 0.339 e. The molecule has 8 nitrogen and oxygen atoms in total. The first-order valence-corrected chi connectivity index (χ1v) is 7.45. The van der Waals surface area contributed by atoms with Crippen molar-refractivity contribution >= 4 is 28.3 Å². The van der Waals surface area contributed by atoms with Gasteiger partial charge in [-0.2, -0.15) is 24.7 Å². The van der Waals surface area contributed by atoms with Crippen LogP contribution >= 0.6 is 11.6 Å².